The van der Waals surface area contributed by atoms with Crippen molar-refractivity contribution in [3.8, 4) is 5.75 Å². The molecule has 1 spiro atoms. The van der Waals surface area contributed by atoms with Crippen LogP contribution in [0.1, 0.15) is 34.3 Å². The molecule has 1 fully saturated rings. The largest absolute Gasteiger partial charge is 0.483 e. The first-order chi connectivity index (χ1) is 13.1. The van der Waals surface area contributed by atoms with Crippen LogP contribution in [0.2, 0.25) is 0 Å². The normalized spacial score (nSPS) is 21.8. The summed E-state index contributed by atoms with van der Waals surface area (Å²) in [5, 5.41) is 2.98. The second kappa shape index (κ2) is 7.06. The number of carbonyl (C=O) groups is 2. The van der Waals surface area contributed by atoms with Gasteiger partial charge in [0.25, 0.3) is 5.91 Å². The van der Waals surface area contributed by atoms with Gasteiger partial charge in [-0.2, -0.15) is 0 Å². The summed E-state index contributed by atoms with van der Waals surface area (Å²) in [5.41, 5.74) is 2.17. The predicted molar refractivity (Wildman–Crippen MR) is 103 cm³/mol. The third kappa shape index (κ3) is 3.54. The Bertz CT molecular complexity index is 879. The zero-order valence-corrected chi connectivity index (χ0v) is 15.5. The molecule has 2 aliphatic rings. The molecule has 2 aromatic rings. The van der Waals surface area contributed by atoms with E-state index in [0.717, 1.165) is 30.5 Å². The minimum atomic E-state index is -0.568. The van der Waals surface area contributed by atoms with E-state index in [4.69, 9.17) is 4.74 Å². The molecule has 1 atom stereocenters. The fourth-order valence-electron chi connectivity index (χ4n) is 3.97. The van der Waals surface area contributed by atoms with Gasteiger partial charge in [-0.3, -0.25) is 9.59 Å². The van der Waals surface area contributed by atoms with E-state index in [1.807, 2.05) is 54.3 Å². The van der Waals surface area contributed by atoms with Crippen molar-refractivity contribution in [2.45, 2.75) is 31.8 Å². The third-order valence-corrected chi connectivity index (χ3v) is 5.52. The quantitative estimate of drug-likeness (QED) is 0.891. The molecule has 2 aromatic carbocycles. The van der Waals surface area contributed by atoms with Gasteiger partial charge in [-0.1, -0.05) is 36.4 Å². The van der Waals surface area contributed by atoms with Crippen LogP contribution in [0.3, 0.4) is 0 Å². The average Bonchev–Trinajstić information content (AvgIpc) is 2.81. The lowest BCUT2D eigenvalue weighted by Crippen LogP contribution is -2.58. The van der Waals surface area contributed by atoms with E-state index in [0.29, 0.717) is 30.8 Å². The maximum absolute atomic E-state index is 12.9. The Morgan fingerprint density at radius 1 is 1.19 bits per heavy atom. The van der Waals surface area contributed by atoms with Crippen LogP contribution in [0.25, 0.3) is 0 Å². The molecule has 2 amide bonds. The molecule has 27 heavy (non-hydrogen) atoms. The number of nitrogens with zero attached hydrogens (tertiary/aromatic N) is 1. The standard InChI is InChI=1S/C22H24N2O3/c1-16-7-2-3-8-17(16)13-20(25)24-12-6-11-22(15-24)14-23-21(26)18-9-4-5-10-19(18)27-22/h2-5,7-10H,6,11-15H2,1H3,(H,23,26)/t22-/m1/s1. The molecule has 0 saturated carbocycles. The first kappa shape index (κ1) is 17.6. The molecule has 1 N–H and O–H groups in total. The molecule has 2 aliphatic heterocycles. The summed E-state index contributed by atoms with van der Waals surface area (Å²) in [5.74, 6) is 0.586. The van der Waals surface area contributed by atoms with E-state index in [1.165, 1.54) is 0 Å². The van der Waals surface area contributed by atoms with Crippen LogP contribution in [0.15, 0.2) is 48.5 Å². The molecule has 0 aromatic heterocycles. The number of amides is 2. The summed E-state index contributed by atoms with van der Waals surface area (Å²) in [6.45, 7) is 3.66. The van der Waals surface area contributed by atoms with Crippen molar-refractivity contribution in [1.29, 1.82) is 0 Å². The van der Waals surface area contributed by atoms with Crippen molar-refractivity contribution in [2.24, 2.45) is 0 Å². The molecule has 2 heterocycles. The van der Waals surface area contributed by atoms with Gasteiger partial charge in [-0.15, -0.1) is 0 Å². The van der Waals surface area contributed by atoms with Gasteiger partial charge in [0, 0.05) is 6.54 Å². The number of likely N-dealkylation sites (tertiary alicyclic amines) is 1. The molecular formula is C22H24N2O3. The fraction of sp³-hybridized carbons (Fsp3) is 0.364. The summed E-state index contributed by atoms with van der Waals surface area (Å²) in [4.78, 5) is 27.2. The average molecular weight is 364 g/mol. The van der Waals surface area contributed by atoms with Gasteiger partial charge in [-0.05, 0) is 43.0 Å². The van der Waals surface area contributed by atoms with E-state index < -0.39 is 5.60 Å². The molecule has 5 heteroatoms. The van der Waals surface area contributed by atoms with Gasteiger partial charge in [0.15, 0.2) is 0 Å². The highest BCUT2D eigenvalue weighted by molar-refractivity contribution is 5.97. The number of fused-ring (bicyclic) bond motifs is 1. The Morgan fingerprint density at radius 2 is 1.96 bits per heavy atom. The Labute approximate surface area is 159 Å². The molecule has 4 rings (SSSR count). The second-order valence-corrected chi connectivity index (χ2v) is 7.49. The SMILES string of the molecule is Cc1ccccc1CC(=O)N1CCC[C@@]2(CNC(=O)c3ccccc3O2)C1. The van der Waals surface area contributed by atoms with Crippen molar-refractivity contribution >= 4 is 11.8 Å². The van der Waals surface area contributed by atoms with Gasteiger partial charge >= 0.3 is 0 Å². The molecule has 5 nitrogen and oxygen atoms in total. The van der Waals surface area contributed by atoms with E-state index in [2.05, 4.69) is 5.32 Å². The summed E-state index contributed by atoms with van der Waals surface area (Å²) in [6, 6.07) is 15.3. The van der Waals surface area contributed by atoms with Crippen LogP contribution < -0.4 is 10.1 Å². The lowest BCUT2D eigenvalue weighted by atomic mass is 9.91. The number of para-hydroxylation sites is 1. The Kier molecular flexibility index (Phi) is 4.60. The molecule has 1 saturated heterocycles. The van der Waals surface area contributed by atoms with Crippen LogP contribution in [-0.4, -0.2) is 41.9 Å². The number of ether oxygens (including phenoxy) is 1. The number of hydrogen-bond acceptors (Lipinski definition) is 3. The Hall–Kier alpha value is -2.82. The third-order valence-electron chi connectivity index (χ3n) is 5.52. The maximum Gasteiger partial charge on any atom is 0.255 e. The number of hydrogen-bond donors (Lipinski definition) is 1. The van der Waals surface area contributed by atoms with Gasteiger partial charge in [0.05, 0.1) is 25.1 Å². The lowest BCUT2D eigenvalue weighted by molar-refractivity contribution is -0.136. The monoisotopic (exact) mass is 364 g/mol. The zero-order chi connectivity index (χ0) is 18.9. The van der Waals surface area contributed by atoms with Crippen molar-refractivity contribution in [3.63, 3.8) is 0 Å². The Morgan fingerprint density at radius 3 is 2.81 bits per heavy atom. The second-order valence-electron chi connectivity index (χ2n) is 7.49. The fourth-order valence-corrected chi connectivity index (χ4v) is 3.97. The topological polar surface area (TPSA) is 58.6 Å². The zero-order valence-electron chi connectivity index (χ0n) is 15.5. The van der Waals surface area contributed by atoms with Gasteiger partial charge in [0.2, 0.25) is 5.91 Å². The minimum absolute atomic E-state index is 0.107. The first-order valence-electron chi connectivity index (χ1n) is 9.45. The van der Waals surface area contributed by atoms with Crippen LogP contribution in [0.4, 0.5) is 0 Å². The highest BCUT2D eigenvalue weighted by atomic mass is 16.5. The molecule has 140 valence electrons. The summed E-state index contributed by atoms with van der Waals surface area (Å²) < 4.78 is 6.33. The molecular weight excluding hydrogens is 340 g/mol. The van der Waals surface area contributed by atoms with Gasteiger partial charge < -0.3 is 15.0 Å². The molecule has 0 aliphatic carbocycles. The highest BCUT2D eigenvalue weighted by Crippen LogP contribution is 2.32. The number of carbonyl (C=O) groups excluding carboxylic acids is 2. The van der Waals surface area contributed by atoms with Crippen LogP contribution in [-0.2, 0) is 11.2 Å². The summed E-state index contributed by atoms with van der Waals surface area (Å²) >= 11 is 0. The van der Waals surface area contributed by atoms with E-state index >= 15 is 0 Å². The number of piperidine rings is 1. The number of benzene rings is 2. The number of nitrogens with one attached hydrogen (secondary N) is 1. The van der Waals surface area contributed by atoms with Crippen LogP contribution in [0.5, 0.6) is 5.75 Å². The smallest absolute Gasteiger partial charge is 0.255 e. The van der Waals surface area contributed by atoms with Gasteiger partial charge in [0.1, 0.15) is 11.4 Å². The maximum atomic E-state index is 12.9. The van der Waals surface area contributed by atoms with E-state index in [9.17, 15) is 9.59 Å². The van der Waals surface area contributed by atoms with E-state index in [1.54, 1.807) is 6.07 Å². The van der Waals surface area contributed by atoms with Crippen molar-refractivity contribution in [3.05, 3.63) is 65.2 Å². The lowest BCUT2D eigenvalue weighted by Gasteiger charge is -2.42. The Balaban J connectivity index is 1.53. The van der Waals surface area contributed by atoms with Gasteiger partial charge in [-0.25, -0.2) is 0 Å². The van der Waals surface area contributed by atoms with Crippen molar-refractivity contribution < 1.29 is 14.3 Å². The number of rotatable bonds is 2. The van der Waals surface area contributed by atoms with Crippen LogP contribution >= 0.6 is 0 Å². The van der Waals surface area contributed by atoms with Crippen molar-refractivity contribution in [1.82, 2.24) is 10.2 Å². The minimum Gasteiger partial charge on any atom is -0.483 e. The predicted octanol–water partition coefficient (Wildman–Crippen LogP) is 2.72. The first-order valence-corrected chi connectivity index (χ1v) is 9.45. The highest BCUT2D eigenvalue weighted by Gasteiger charge is 2.42. The number of aryl methyl sites for hydroxylation is 1. The molecule has 0 radical (unpaired) electrons. The molecule has 0 unspecified atom stereocenters. The summed E-state index contributed by atoms with van der Waals surface area (Å²) in [6.07, 6.45) is 2.07. The van der Waals surface area contributed by atoms with Crippen molar-refractivity contribution in [2.75, 3.05) is 19.6 Å². The summed E-state index contributed by atoms with van der Waals surface area (Å²) in [7, 11) is 0. The molecule has 0 bridgehead atoms. The van der Waals surface area contributed by atoms with Crippen LogP contribution in [0, 0.1) is 6.92 Å². The van der Waals surface area contributed by atoms with E-state index in [-0.39, 0.29) is 11.8 Å².